The summed E-state index contributed by atoms with van der Waals surface area (Å²) < 4.78 is 0. The highest BCUT2D eigenvalue weighted by Crippen LogP contribution is 2.34. The number of carbonyl (C=O) groups is 1. The number of nitrogens with two attached hydrogens (primary N) is 1. The molecule has 1 amide bonds. The molecule has 0 aliphatic carbocycles. The smallest absolute Gasteiger partial charge is 0.228 e. The van der Waals surface area contributed by atoms with Crippen molar-refractivity contribution in [3.8, 4) is 0 Å². The summed E-state index contributed by atoms with van der Waals surface area (Å²) in [5.74, 6) is 0.250. The predicted molar refractivity (Wildman–Crippen MR) is 48.6 cm³/mol. The Morgan fingerprint density at radius 1 is 1.67 bits per heavy atom. The molecule has 3 heteroatoms. The molecule has 0 aromatic rings. The first-order valence-corrected chi connectivity index (χ1v) is 4.50. The summed E-state index contributed by atoms with van der Waals surface area (Å²) in [6.45, 7) is 7.35. The number of amides is 1. The van der Waals surface area contributed by atoms with Crippen molar-refractivity contribution in [3.05, 3.63) is 0 Å². The number of rotatable bonds is 2. The fourth-order valence-corrected chi connectivity index (χ4v) is 1.99. The Kier molecular flexibility index (Phi) is 2.42. The van der Waals surface area contributed by atoms with E-state index in [0.29, 0.717) is 19.1 Å². The molecule has 3 nitrogen and oxygen atoms in total. The van der Waals surface area contributed by atoms with Crippen LogP contribution in [0.4, 0.5) is 0 Å². The number of nitrogens with zero attached hydrogens (tertiary/aromatic N) is 1. The van der Waals surface area contributed by atoms with E-state index in [1.165, 1.54) is 0 Å². The van der Waals surface area contributed by atoms with E-state index >= 15 is 0 Å². The van der Waals surface area contributed by atoms with Gasteiger partial charge in [0.15, 0.2) is 0 Å². The minimum absolute atomic E-state index is 0.172. The molecule has 2 N–H and O–H groups in total. The van der Waals surface area contributed by atoms with Crippen molar-refractivity contribution in [2.24, 2.45) is 11.1 Å². The minimum Gasteiger partial charge on any atom is -0.338 e. The van der Waals surface area contributed by atoms with E-state index < -0.39 is 0 Å². The van der Waals surface area contributed by atoms with Crippen LogP contribution in [0.25, 0.3) is 0 Å². The summed E-state index contributed by atoms with van der Waals surface area (Å²) in [4.78, 5) is 13.6. The summed E-state index contributed by atoms with van der Waals surface area (Å²) in [5, 5.41) is 0. The molecule has 1 aliphatic heterocycles. The van der Waals surface area contributed by atoms with Crippen molar-refractivity contribution in [1.82, 2.24) is 4.90 Å². The number of likely N-dealkylation sites (tertiary alicyclic amines) is 1. The molecule has 1 heterocycles. The zero-order chi connectivity index (χ0) is 9.35. The Hall–Kier alpha value is -0.570. The van der Waals surface area contributed by atoms with Gasteiger partial charge in [-0.1, -0.05) is 13.8 Å². The average molecular weight is 170 g/mol. The summed E-state index contributed by atoms with van der Waals surface area (Å²) in [6.07, 6.45) is 0.950. The van der Waals surface area contributed by atoms with Gasteiger partial charge in [-0.05, 0) is 13.3 Å². The van der Waals surface area contributed by atoms with Gasteiger partial charge in [0.1, 0.15) is 0 Å². The standard InChI is InChI=1S/C9H18N2O/c1-7-6-9(2,3)8(12)11(7)5-4-10/h7H,4-6,10H2,1-3H3. The van der Waals surface area contributed by atoms with E-state index in [4.69, 9.17) is 5.73 Å². The van der Waals surface area contributed by atoms with Gasteiger partial charge in [0.05, 0.1) is 0 Å². The highest BCUT2D eigenvalue weighted by molar-refractivity contribution is 5.84. The SMILES string of the molecule is CC1CC(C)(C)C(=O)N1CCN. The molecule has 1 atom stereocenters. The van der Waals surface area contributed by atoms with Crippen LogP contribution in [-0.2, 0) is 4.79 Å². The lowest BCUT2D eigenvalue weighted by Crippen LogP contribution is -2.37. The van der Waals surface area contributed by atoms with E-state index in [1.54, 1.807) is 0 Å². The van der Waals surface area contributed by atoms with Gasteiger partial charge in [0.25, 0.3) is 0 Å². The molecule has 12 heavy (non-hydrogen) atoms. The van der Waals surface area contributed by atoms with Gasteiger partial charge in [-0.25, -0.2) is 0 Å². The first-order chi connectivity index (χ1) is 5.49. The van der Waals surface area contributed by atoms with Gasteiger partial charge in [-0.15, -0.1) is 0 Å². The Balaban J connectivity index is 2.71. The number of hydrogen-bond donors (Lipinski definition) is 1. The van der Waals surface area contributed by atoms with E-state index in [9.17, 15) is 4.79 Å². The molecule has 70 valence electrons. The predicted octanol–water partition coefficient (Wildman–Crippen LogP) is 0.592. The van der Waals surface area contributed by atoms with Crippen LogP contribution in [0, 0.1) is 5.41 Å². The number of carbonyl (C=O) groups excluding carboxylic acids is 1. The van der Waals surface area contributed by atoms with Gasteiger partial charge in [-0.3, -0.25) is 4.79 Å². The van der Waals surface area contributed by atoms with Gasteiger partial charge in [0.2, 0.25) is 5.91 Å². The van der Waals surface area contributed by atoms with Crippen LogP contribution >= 0.6 is 0 Å². The third-order valence-electron chi connectivity index (χ3n) is 2.55. The molecule has 0 saturated carbocycles. The van der Waals surface area contributed by atoms with E-state index in [-0.39, 0.29) is 11.3 Å². The Morgan fingerprint density at radius 3 is 2.58 bits per heavy atom. The summed E-state index contributed by atoms with van der Waals surface area (Å²) >= 11 is 0. The maximum Gasteiger partial charge on any atom is 0.228 e. The first kappa shape index (κ1) is 9.52. The van der Waals surface area contributed by atoms with Crippen LogP contribution in [0.5, 0.6) is 0 Å². The molecule has 0 radical (unpaired) electrons. The second kappa shape index (κ2) is 3.05. The van der Waals surface area contributed by atoms with E-state index in [0.717, 1.165) is 6.42 Å². The van der Waals surface area contributed by atoms with Crippen LogP contribution in [-0.4, -0.2) is 29.9 Å². The van der Waals surface area contributed by atoms with Crippen molar-refractivity contribution >= 4 is 5.91 Å². The Labute approximate surface area is 73.9 Å². The molecular weight excluding hydrogens is 152 g/mol. The lowest BCUT2D eigenvalue weighted by atomic mass is 9.90. The lowest BCUT2D eigenvalue weighted by Gasteiger charge is -2.21. The van der Waals surface area contributed by atoms with Gasteiger partial charge < -0.3 is 10.6 Å². The molecule has 0 aromatic heterocycles. The maximum atomic E-state index is 11.7. The summed E-state index contributed by atoms with van der Waals surface area (Å²) in [6, 6.07) is 0.357. The highest BCUT2D eigenvalue weighted by Gasteiger charge is 2.42. The van der Waals surface area contributed by atoms with Crippen LogP contribution in [0.2, 0.25) is 0 Å². The normalized spacial score (nSPS) is 28.2. The summed E-state index contributed by atoms with van der Waals surface area (Å²) in [5.41, 5.74) is 5.26. The maximum absolute atomic E-state index is 11.7. The quantitative estimate of drug-likeness (QED) is 0.659. The highest BCUT2D eigenvalue weighted by atomic mass is 16.2. The topological polar surface area (TPSA) is 46.3 Å². The van der Waals surface area contributed by atoms with Crippen molar-refractivity contribution in [1.29, 1.82) is 0 Å². The van der Waals surface area contributed by atoms with E-state index in [2.05, 4.69) is 6.92 Å². The third-order valence-corrected chi connectivity index (χ3v) is 2.55. The first-order valence-electron chi connectivity index (χ1n) is 4.50. The van der Waals surface area contributed by atoms with Crippen molar-refractivity contribution in [2.45, 2.75) is 33.2 Å². The van der Waals surface area contributed by atoms with Crippen molar-refractivity contribution < 1.29 is 4.79 Å². The van der Waals surface area contributed by atoms with Gasteiger partial charge in [-0.2, -0.15) is 0 Å². The molecular formula is C9H18N2O. The zero-order valence-corrected chi connectivity index (χ0v) is 8.13. The molecule has 0 spiro atoms. The van der Waals surface area contributed by atoms with Crippen LogP contribution in [0.15, 0.2) is 0 Å². The summed E-state index contributed by atoms with van der Waals surface area (Å²) in [7, 11) is 0. The molecule has 1 aliphatic rings. The fraction of sp³-hybridized carbons (Fsp3) is 0.889. The number of hydrogen-bond acceptors (Lipinski definition) is 2. The molecule has 1 unspecified atom stereocenters. The zero-order valence-electron chi connectivity index (χ0n) is 8.13. The second-order valence-corrected chi connectivity index (χ2v) is 4.22. The molecule has 1 rings (SSSR count). The monoisotopic (exact) mass is 170 g/mol. The second-order valence-electron chi connectivity index (χ2n) is 4.22. The minimum atomic E-state index is -0.172. The molecule has 1 saturated heterocycles. The molecule has 0 aromatic carbocycles. The molecule has 0 bridgehead atoms. The Bertz CT molecular complexity index is 189. The van der Waals surface area contributed by atoms with Crippen molar-refractivity contribution in [2.75, 3.05) is 13.1 Å². The molecule has 1 fully saturated rings. The average Bonchev–Trinajstić information content (AvgIpc) is 2.13. The van der Waals surface area contributed by atoms with Crippen LogP contribution < -0.4 is 5.73 Å². The van der Waals surface area contributed by atoms with Crippen LogP contribution in [0.1, 0.15) is 27.2 Å². The Morgan fingerprint density at radius 2 is 2.25 bits per heavy atom. The van der Waals surface area contributed by atoms with Crippen molar-refractivity contribution in [3.63, 3.8) is 0 Å². The largest absolute Gasteiger partial charge is 0.338 e. The van der Waals surface area contributed by atoms with E-state index in [1.807, 2.05) is 18.7 Å². The van der Waals surface area contributed by atoms with Gasteiger partial charge >= 0.3 is 0 Å². The lowest BCUT2D eigenvalue weighted by molar-refractivity contribution is -0.135. The van der Waals surface area contributed by atoms with Gasteiger partial charge in [0, 0.05) is 24.5 Å². The van der Waals surface area contributed by atoms with Crippen LogP contribution in [0.3, 0.4) is 0 Å². The fourth-order valence-electron chi connectivity index (χ4n) is 1.99. The third kappa shape index (κ3) is 1.46.